The summed E-state index contributed by atoms with van der Waals surface area (Å²) in [6.45, 7) is 5.04. The molecule has 0 spiro atoms. The predicted octanol–water partition coefficient (Wildman–Crippen LogP) is 2.76. The molecule has 1 aromatic carbocycles. The van der Waals surface area contributed by atoms with Crippen molar-refractivity contribution in [2.45, 2.75) is 20.8 Å². The molecule has 0 saturated heterocycles. The fraction of sp³-hybridized carbons (Fsp3) is 0.308. The second-order valence-corrected chi connectivity index (χ2v) is 4.76. The molecule has 1 amide bonds. The van der Waals surface area contributed by atoms with Gasteiger partial charge in [-0.1, -0.05) is 0 Å². The Bertz CT molecular complexity index is 544. The largest absolute Gasteiger partial charge is 0.461 e. The first-order valence-electron chi connectivity index (χ1n) is 5.98. The van der Waals surface area contributed by atoms with Crippen molar-refractivity contribution in [2.75, 3.05) is 17.3 Å². The Morgan fingerprint density at radius 3 is 2.60 bits per heavy atom. The van der Waals surface area contributed by atoms with Gasteiger partial charge >= 0.3 is 5.97 Å². The van der Waals surface area contributed by atoms with Crippen LogP contribution in [0, 0.1) is 0 Å². The molecule has 0 radical (unpaired) electrons. The molecule has 0 aliphatic heterocycles. The first-order valence-corrected chi connectivity index (χ1v) is 6.78. The van der Waals surface area contributed by atoms with E-state index >= 15 is 0 Å². The minimum Gasteiger partial charge on any atom is -0.461 e. The summed E-state index contributed by atoms with van der Waals surface area (Å²) in [5.74, 6) is -0.611. The summed E-state index contributed by atoms with van der Waals surface area (Å²) in [5, 5.41) is 6.61. The van der Waals surface area contributed by atoms with E-state index in [1.807, 2.05) is 0 Å². The van der Waals surface area contributed by atoms with Crippen LogP contribution in [0.4, 0.5) is 11.4 Å². The van der Waals surface area contributed by atoms with Crippen LogP contribution in [0.25, 0.3) is 0 Å². The van der Waals surface area contributed by atoms with Gasteiger partial charge in [0.2, 0.25) is 5.91 Å². The lowest BCUT2D eigenvalue weighted by molar-refractivity contribution is -0.135. The van der Waals surface area contributed by atoms with Crippen molar-refractivity contribution >= 4 is 44.9 Å². The number of halogens is 1. The van der Waals surface area contributed by atoms with E-state index in [1.54, 1.807) is 32.0 Å². The highest BCUT2D eigenvalue weighted by molar-refractivity contribution is 9.10. The monoisotopic (exact) mass is 341 g/mol. The Hall–Kier alpha value is -1.89. The number of carbonyl (C=O) groups is 2. The average Bonchev–Trinajstić information content (AvgIpc) is 2.37. The summed E-state index contributed by atoms with van der Waals surface area (Å²) in [5.41, 5.74) is 4.32. The number of nitrogens with zero attached hydrogens (tertiary/aromatic N) is 1. The molecule has 108 valence electrons. The van der Waals surface area contributed by atoms with Crippen molar-refractivity contribution in [3.8, 4) is 0 Å². The van der Waals surface area contributed by atoms with Gasteiger partial charge in [0.15, 0.2) is 0 Å². The summed E-state index contributed by atoms with van der Waals surface area (Å²) in [4.78, 5) is 22.3. The lowest BCUT2D eigenvalue weighted by Crippen LogP contribution is -2.15. The summed E-state index contributed by atoms with van der Waals surface area (Å²) in [6, 6.07) is 5.19. The fourth-order valence-electron chi connectivity index (χ4n) is 1.31. The number of hydrogen-bond acceptors (Lipinski definition) is 5. The summed E-state index contributed by atoms with van der Waals surface area (Å²) >= 11 is 3.36. The molecular weight excluding hydrogens is 326 g/mol. The van der Waals surface area contributed by atoms with Crippen LogP contribution in [-0.4, -0.2) is 24.2 Å². The quantitative estimate of drug-likeness (QED) is 0.490. The van der Waals surface area contributed by atoms with E-state index in [0.29, 0.717) is 22.5 Å². The molecular formula is C13H16BrN3O3. The fourth-order valence-corrected chi connectivity index (χ4v) is 1.78. The van der Waals surface area contributed by atoms with Crippen LogP contribution in [-0.2, 0) is 14.3 Å². The highest BCUT2D eigenvalue weighted by Crippen LogP contribution is 2.26. The van der Waals surface area contributed by atoms with Gasteiger partial charge in [0, 0.05) is 17.1 Å². The number of hydrogen-bond donors (Lipinski definition) is 2. The molecule has 20 heavy (non-hydrogen) atoms. The van der Waals surface area contributed by atoms with Crippen molar-refractivity contribution in [2.24, 2.45) is 5.10 Å². The number of rotatable bonds is 5. The lowest BCUT2D eigenvalue weighted by atomic mass is 10.3. The van der Waals surface area contributed by atoms with Crippen LogP contribution < -0.4 is 10.7 Å². The topological polar surface area (TPSA) is 79.8 Å². The number of hydrazone groups is 1. The summed E-state index contributed by atoms with van der Waals surface area (Å²) in [7, 11) is 0. The molecule has 0 atom stereocenters. The number of carbonyl (C=O) groups excluding carboxylic acids is 2. The highest BCUT2D eigenvalue weighted by atomic mass is 79.9. The first-order chi connectivity index (χ1) is 9.43. The highest BCUT2D eigenvalue weighted by Gasteiger charge is 2.07. The normalized spacial score (nSPS) is 10.9. The van der Waals surface area contributed by atoms with Crippen LogP contribution in [0.1, 0.15) is 20.8 Å². The zero-order valence-electron chi connectivity index (χ0n) is 11.5. The minimum absolute atomic E-state index is 0.145. The van der Waals surface area contributed by atoms with Crippen molar-refractivity contribution in [1.29, 1.82) is 0 Å². The van der Waals surface area contributed by atoms with Gasteiger partial charge in [-0.15, -0.1) is 0 Å². The van der Waals surface area contributed by atoms with Crippen LogP contribution in [0.5, 0.6) is 0 Å². The number of nitrogens with one attached hydrogen (secondary N) is 2. The van der Waals surface area contributed by atoms with Gasteiger partial charge in [0.05, 0.1) is 12.3 Å². The third kappa shape index (κ3) is 5.00. The van der Waals surface area contributed by atoms with Gasteiger partial charge in [-0.2, -0.15) is 5.10 Å². The second kappa shape index (κ2) is 7.64. The number of esters is 1. The van der Waals surface area contributed by atoms with E-state index in [2.05, 4.69) is 31.8 Å². The standard InChI is InChI=1S/C13H16BrN3O3/c1-4-20-13(19)8(2)16-17-12-6-5-10(7-11(12)14)15-9(3)18/h5-7,17H,4H2,1-3H3,(H,15,18). The Morgan fingerprint density at radius 1 is 1.35 bits per heavy atom. The SMILES string of the molecule is CCOC(=O)C(C)=NNc1ccc(NC(C)=O)cc1Br. The van der Waals surface area contributed by atoms with Gasteiger partial charge < -0.3 is 10.1 Å². The average molecular weight is 342 g/mol. The van der Waals surface area contributed by atoms with E-state index in [0.717, 1.165) is 0 Å². The van der Waals surface area contributed by atoms with Crippen molar-refractivity contribution in [3.63, 3.8) is 0 Å². The van der Waals surface area contributed by atoms with Gasteiger partial charge in [0.25, 0.3) is 0 Å². The molecule has 0 aliphatic rings. The molecule has 0 bridgehead atoms. The molecule has 7 heteroatoms. The van der Waals surface area contributed by atoms with Crippen molar-refractivity contribution in [1.82, 2.24) is 0 Å². The second-order valence-electron chi connectivity index (χ2n) is 3.91. The van der Waals surface area contributed by atoms with E-state index in [-0.39, 0.29) is 11.6 Å². The minimum atomic E-state index is -0.467. The maximum Gasteiger partial charge on any atom is 0.354 e. The van der Waals surface area contributed by atoms with Crippen LogP contribution in [0.2, 0.25) is 0 Å². The molecule has 0 saturated carbocycles. The van der Waals surface area contributed by atoms with Gasteiger partial charge in [0.1, 0.15) is 5.71 Å². The lowest BCUT2D eigenvalue weighted by Gasteiger charge is -2.08. The van der Waals surface area contributed by atoms with Gasteiger partial charge in [-0.25, -0.2) is 4.79 Å². The summed E-state index contributed by atoms with van der Waals surface area (Å²) in [6.07, 6.45) is 0. The molecule has 1 rings (SSSR count). The predicted molar refractivity (Wildman–Crippen MR) is 81.8 cm³/mol. The van der Waals surface area contributed by atoms with E-state index in [4.69, 9.17) is 4.74 Å². The number of benzene rings is 1. The van der Waals surface area contributed by atoms with E-state index in [1.165, 1.54) is 6.92 Å². The molecule has 0 fully saturated rings. The number of anilines is 2. The summed E-state index contributed by atoms with van der Waals surface area (Å²) < 4.78 is 5.53. The Kier molecular flexibility index (Phi) is 6.17. The van der Waals surface area contributed by atoms with Gasteiger partial charge in [-0.05, 0) is 48.0 Å². The molecule has 2 N–H and O–H groups in total. The van der Waals surface area contributed by atoms with E-state index in [9.17, 15) is 9.59 Å². The third-order valence-corrected chi connectivity index (χ3v) is 2.86. The molecule has 0 unspecified atom stereocenters. The Morgan fingerprint density at radius 2 is 2.05 bits per heavy atom. The zero-order chi connectivity index (χ0) is 15.1. The smallest absolute Gasteiger partial charge is 0.354 e. The first kappa shape index (κ1) is 16.2. The Labute approximate surface area is 125 Å². The van der Waals surface area contributed by atoms with Crippen molar-refractivity contribution in [3.05, 3.63) is 22.7 Å². The third-order valence-electron chi connectivity index (χ3n) is 2.20. The number of ether oxygens (including phenoxy) is 1. The van der Waals surface area contributed by atoms with Crippen LogP contribution in [0.3, 0.4) is 0 Å². The zero-order valence-corrected chi connectivity index (χ0v) is 13.1. The van der Waals surface area contributed by atoms with Crippen LogP contribution in [0.15, 0.2) is 27.8 Å². The van der Waals surface area contributed by atoms with Gasteiger partial charge in [-0.3, -0.25) is 10.2 Å². The van der Waals surface area contributed by atoms with Crippen LogP contribution >= 0.6 is 15.9 Å². The maximum atomic E-state index is 11.4. The number of amides is 1. The molecule has 0 aliphatic carbocycles. The van der Waals surface area contributed by atoms with E-state index < -0.39 is 5.97 Å². The molecule has 6 nitrogen and oxygen atoms in total. The molecule has 1 aromatic rings. The maximum absolute atomic E-state index is 11.4. The van der Waals surface area contributed by atoms with Crippen molar-refractivity contribution < 1.29 is 14.3 Å². The molecule has 0 heterocycles. The Balaban J connectivity index is 2.76. The molecule has 0 aromatic heterocycles.